The lowest BCUT2D eigenvalue weighted by Crippen LogP contribution is -2.16. The van der Waals surface area contributed by atoms with Crippen LogP contribution in [0.3, 0.4) is 0 Å². The second-order valence-corrected chi connectivity index (χ2v) is 6.56. The molecule has 0 unspecified atom stereocenters. The highest BCUT2D eigenvalue weighted by Crippen LogP contribution is 2.31. The Balaban J connectivity index is 1.95. The van der Waals surface area contributed by atoms with Crippen LogP contribution in [0.5, 0.6) is 5.75 Å². The minimum absolute atomic E-state index is 0.0162. The smallest absolute Gasteiger partial charge is 0.387 e. The number of halogens is 2. The van der Waals surface area contributed by atoms with Gasteiger partial charge in [0.1, 0.15) is 5.75 Å². The van der Waals surface area contributed by atoms with Crippen LogP contribution >= 0.6 is 11.8 Å². The molecule has 0 radical (unpaired) electrons. The van der Waals surface area contributed by atoms with Crippen molar-refractivity contribution in [3.8, 4) is 5.75 Å². The summed E-state index contributed by atoms with van der Waals surface area (Å²) < 4.78 is 29.1. The van der Waals surface area contributed by atoms with Crippen molar-refractivity contribution in [2.75, 3.05) is 11.1 Å². The van der Waals surface area contributed by atoms with Crippen LogP contribution in [-0.4, -0.2) is 23.2 Å². The molecule has 0 fully saturated rings. The van der Waals surface area contributed by atoms with Crippen molar-refractivity contribution in [3.63, 3.8) is 0 Å². The molecule has 1 atom stereocenters. The summed E-state index contributed by atoms with van der Waals surface area (Å²) in [5.41, 5.74) is 0.859. The van der Waals surface area contributed by atoms with Crippen LogP contribution in [-0.2, 0) is 4.79 Å². The number of para-hydroxylation sites is 2. The van der Waals surface area contributed by atoms with Crippen molar-refractivity contribution in [1.29, 1.82) is 0 Å². The van der Waals surface area contributed by atoms with Gasteiger partial charge >= 0.3 is 6.61 Å². The zero-order valence-electron chi connectivity index (χ0n) is 13.7. The second-order valence-electron chi connectivity index (χ2n) is 5.23. The van der Waals surface area contributed by atoms with Crippen LogP contribution in [0.15, 0.2) is 48.5 Å². The number of amides is 1. The van der Waals surface area contributed by atoms with E-state index in [2.05, 4.69) is 10.1 Å². The highest BCUT2D eigenvalue weighted by molar-refractivity contribution is 8.00. The fourth-order valence-electron chi connectivity index (χ4n) is 2.14. The number of nitro benzene ring substituents is 1. The third-order valence-electron chi connectivity index (χ3n) is 3.39. The van der Waals surface area contributed by atoms with Crippen molar-refractivity contribution in [2.24, 2.45) is 0 Å². The predicted octanol–water partition coefficient (Wildman–Crippen LogP) is 4.63. The van der Waals surface area contributed by atoms with Crippen LogP contribution in [0, 0.1) is 10.1 Å². The number of alkyl halides is 2. The Labute approximate surface area is 152 Å². The number of carbonyl (C=O) groups is 1. The zero-order chi connectivity index (χ0) is 19.1. The maximum Gasteiger partial charge on any atom is 0.387 e. The number of thioether (sulfide) groups is 1. The molecule has 2 aromatic carbocycles. The lowest BCUT2D eigenvalue weighted by atomic mass is 10.1. The van der Waals surface area contributed by atoms with E-state index < -0.39 is 17.4 Å². The van der Waals surface area contributed by atoms with E-state index >= 15 is 0 Å². The quantitative estimate of drug-likeness (QED) is 0.532. The van der Waals surface area contributed by atoms with Crippen LogP contribution in [0.1, 0.15) is 17.7 Å². The summed E-state index contributed by atoms with van der Waals surface area (Å²) in [6, 6.07) is 12.1. The molecule has 2 aromatic rings. The fourth-order valence-corrected chi connectivity index (χ4v) is 2.96. The molecule has 0 bridgehead atoms. The molecular weight excluding hydrogens is 366 g/mol. The van der Waals surface area contributed by atoms with E-state index in [0.717, 1.165) is 5.56 Å². The molecule has 0 aliphatic heterocycles. The molecule has 2 rings (SSSR count). The number of nitro groups is 1. The third-order valence-corrected chi connectivity index (χ3v) is 4.59. The molecule has 0 saturated carbocycles. The highest BCUT2D eigenvalue weighted by atomic mass is 32.2. The van der Waals surface area contributed by atoms with E-state index in [4.69, 9.17) is 0 Å². The summed E-state index contributed by atoms with van der Waals surface area (Å²) in [6.07, 6.45) is 0. The van der Waals surface area contributed by atoms with Crippen molar-refractivity contribution in [1.82, 2.24) is 0 Å². The third kappa shape index (κ3) is 5.69. The standard InChI is InChI=1S/C17H16F2N2O4S/c1-11(12-5-4-6-13(9-12)21(23)24)26-10-16(22)20-14-7-2-3-8-15(14)25-17(18)19/h2-9,11,17H,10H2,1H3,(H,20,22)/t11-/m0/s1. The number of non-ortho nitro benzene ring substituents is 1. The Morgan fingerprint density at radius 1 is 1.27 bits per heavy atom. The van der Waals surface area contributed by atoms with Crippen LogP contribution < -0.4 is 10.1 Å². The molecule has 9 heteroatoms. The first kappa shape index (κ1) is 19.6. The summed E-state index contributed by atoms with van der Waals surface area (Å²) >= 11 is 1.27. The highest BCUT2D eigenvalue weighted by Gasteiger charge is 2.15. The first-order valence-electron chi connectivity index (χ1n) is 7.56. The number of rotatable bonds is 8. The molecule has 1 amide bonds. The van der Waals surface area contributed by atoms with E-state index in [1.54, 1.807) is 18.2 Å². The molecule has 0 aromatic heterocycles. The molecule has 0 spiro atoms. The van der Waals surface area contributed by atoms with Crippen molar-refractivity contribution in [2.45, 2.75) is 18.8 Å². The van der Waals surface area contributed by atoms with E-state index in [-0.39, 0.29) is 28.1 Å². The molecule has 0 heterocycles. The van der Waals surface area contributed by atoms with Gasteiger partial charge in [0.25, 0.3) is 5.69 Å². The van der Waals surface area contributed by atoms with Gasteiger partial charge in [-0.3, -0.25) is 14.9 Å². The number of hydrogen-bond acceptors (Lipinski definition) is 5. The Kier molecular flexibility index (Phi) is 6.90. The maximum absolute atomic E-state index is 12.4. The SMILES string of the molecule is C[C@H](SCC(=O)Nc1ccccc1OC(F)F)c1cccc([N+](=O)[O-])c1. The fraction of sp³-hybridized carbons (Fsp3) is 0.235. The summed E-state index contributed by atoms with van der Waals surface area (Å²) in [5, 5.41) is 13.2. The van der Waals surface area contributed by atoms with Gasteiger partial charge in [-0.25, -0.2) is 0 Å². The van der Waals surface area contributed by atoms with Gasteiger partial charge in [-0.15, -0.1) is 11.8 Å². The Bertz CT molecular complexity index is 789. The Hall–Kier alpha value is -2.68. The van der Waals surface area contributed by atoms with Crippen LogP contribution in [0.4, 0.5) is 20.2 Å². The van der Waals surface area contributed by atoms with Gasteiger partial charge in [0.15, 0.2) is 0 Å². The molecule has 6 nitrogen and oxygen atoms in total. The van der Waals surface area contributed by atoms with E-state index in [1.807, 2.05) is 6.92 Å². The maximum atomic E-state index is 12.4. The summed E-state index contributed by atoms with van der Waals surface area (Å²) in [4.78, 5) is 22.4. The van der Waals surface area contributed by atoms with Gasteiger partial charge in [-0.05, 0) is 24.6 Å². The number of hydrogen-bond donors (Lipinski definition) is 1. The minimum atomic E-state index is -2.99. The molecule has 1 N–H and O–H groups in total. The van der Waals surface area contributed by atoms with Gasteiger partial charge in [0, 0.05) is 17.4 Å². The van der Waals surface area contributed by atoms with Gasteiger partial charge < -0.3 is 10.1 Å². The van der Waals surface area contributed by atoms with Gasteiger partial charge in [0.2, 0.25) is 5.91 Å². The van der Waals surface area contributed by atoms with Gasteiger partial charge in [-0.1, -0.05) is 24.3 Å². The lowest BCUT2D eigenvalue weighted by molar-refractivity contribution is -0.384. The molecule has 26 heavy (non-hydrogen) atoms. The normalized spacial score (nSPS) is 11.8. The number of nitrogens with one attached hydrogen (secondary N) is 1. The largest absolute Gasteiger partial charge is 0.433 e. The first-order chi connectivity index (χ1) is 12.4. The van der Waals surface area contributed by atoms with E-state index in [0.29, 0.717) is 0 Å². The topological polar surface area (TPSA) is 81.5 Å². The Morgan fingerprint density at radius 2 is 2.00 bits per heavy atom. The number of ether oxygens (including phenoxy) is 1. The molecule has 0 saturated heterocycles. The second kappa shape index (κ2) is 9.14. The predicted molar refractivity (Wildman–Crippen MR) is 95.7 cm³/mol. The minimum Gasteiger partial charge on any atom is -0.433 e. The van der Waals surface area contributed by atoms with Gasteiger partial charge in [0.05, 0.1) is 16.4 Å². The summed E-state index contributed by atoms with van der Waals surface area (Å²) in [6.45, 7) is -1.17. The number of benzene rings is 2. The molecule has 138 valence electrons. The molecular formula is C17H16F2N2O4S. The first-order valence-corrected chi connectivity index (χ1v) is 8.61. The monoisotopic (exact) mass is 382 g/mol. The lowest BCUT2D eigenvalue weighted by Gasteiger charge is -2.13. The molecule has 0 aliphatic carbocycles. The summed E-state index contributed by atoms with van der Waals surface area (Å²) in [7, 11) is 0. The van der Waals surface area contributed by atoms with Gasteiger partial charge in [-0.2, -0.15) is 8.78 Å². The van der Waals surface area contributed by atoms with Crippen LogP contribution in [0.25, 0.3) is 0 Å². The van der Waals surface area contributed by atoms with Crippen LogP contribution in [0.2, 0.25) is 0 Å². The van der Waals surface area contributed by atoms with E-state index in [1.165, 1.54) is 42.1 Å². The average Bonchev–Trinajstić information content (AvgIpc) is 2.61. The van der Waals surface area contributed by atoms with Crippen molar-refractivity contribution in [3.05, 3.63) is 64.2 Å². The number of carbonyl (C=O) groups excluding carboxylic acids is 1. The van der Waals surface area contributed by atoms with Crippen molar-refractivity contribution < 1.29 is 23.2 Å². The number of nitrogens with zero attached hydrogens (tertiary/aromatic N) is 1. The summed E-state index contributed by atoms with van der Waals surface area (Å²) in [5.74, 6) is -0.461. The number of anilines is 1. The zero-order valence-corrected chi connectivity index (χ0v) is 14.5. The average molecular weight is 382 g/mol. The van der Waals surface area contributed by atoms with Crippen molar-refractivity contribution >= 4 is 29.0 Å². The Morgan fingerprint density at radius 3 is 2.69 bits per heavy atom. The molecule has 0 aliphatic rings. The van der Waals surface area contributed by atoms with E-state index in [9.17, 15) is 23.7 Å².